The Bertz CT molecular complexity index is 1130. The second-order valence-electron chi connectivity index (χ2n) is 7.81. The molecule has 1 fully saturated rings. The number of amides is 1. The third-order valence-electron chi connectivity index (χ3n) is 5.63. The molecule has 2 aromatic carbocycles. The number of likely N-dealkylation sites (N-methyl/N-ethyl adjacent to an activating group) is 1. The summed E-state index contributed by atoms with van der Waals surface area (Å²) in [6, 6.07) is 13.5. The van der Waals surface area contributed by atoms with Crippen molar-refractivity contribution in [3.8, 4) is 0 Å². The number of benzene rings is 2. The first-order valence-corrected chi connectivity index (χ1v) is 11.1. The van der Waals surface area contributed by atoms with Gasteiger partial charge in [-0.1, -0.05) is 36.0 Å². The highest BCUT2D eigenvalue weighted by molar-refractivity contribution is 7.98. The average molecular weight is 423 g/mol. The predicted octanol–water partition coefficient (Wildman–Crippen LogP) is 2.92. The highest BCUT2D eigenvalue weighted by atomic mass is 32.2. The lowest BCUT2D eigenvalue weighted by atomic mass is 10.1. The van der Waals surface area contributed by atoms with E-state index in [9.17, 15) is 9.59 Å². The average Bonchev–Trinajstić information content (AvgIpc) is 2.75. The molecule has 0 unspecified atom stereocenters. The van der Waals surface area contributed by atoms with Crippen molar-refractivity contribution in [3.63, 3.8) is 0 Å². The molecule has 0 radical (unpaired) electrons. The summed E-state index contributed by atoms with van der Waals surface area (Å²) < 4.78 is 1.62. The summed E-state index contributed by atoms with van der Waals surface area (Å²) >= 11 is 1.53. The molecule has 156 valence electrons. The van der Waals surface area contributed by atoms with E-state index in [1.54, 1.807) is 11.6 Å². The summed E-state index contributed by atoms with van der Waals surface area (Å²) in [7, 11) is 3.84. The van der Waals surface area contributed by atoms with Crippen LogP contribution in [0.2, 0.25) is 0 Å². The second kappa shape index (κ2) is 8.62. The molecule has 0 aliphatic carbocycles. The molecule has 7 heteroatoms. The van der Waals surface area contributed by atoms with Crippen LogP contribution in [0.4, 0.5) is 0 Å². The minimum Gasteiger partial charge on any atom is -0.336 e. The molecule has 4 rings (SSSR count). The number of aryl methyl sites for hydroxylation is 1. The Labute approximate surface area is 180 Å². The summed E-state index contributed by atoms with van der Waals surface area (Å²) in [6.45, 7) is 5.31. The highest BCUT2D eigenvalue weighted by Crippen LogP contribution is 2.23. The van der Waals surface area contributed by atoms with Gasteiger partial charge in [0.1, 0.15) is 0 Å². The first kappa shape index (κ1) is 20.6. The summed E-state index contributed by atoms with van der Waals surface area (Å²) in [4.78, 5) is 34.3. The third kappa shape index (κ3) is 4.13. The molecule has 6 nitrogen and oxygen atoms in total. The van der Waals surface area contributed by atoms with Crippen LogP contribution >= 0.6 is 11.8 Å². The molecular formula is C23H26N4O2S. The zero-order valence-corrected chi connectivity index (χ0v) is 18.4. The number of carbonyl (C=O) groups is 1. The van der Waals surface area contributed by atoms with Crippen LogP contribution in [0.1, 0.15) is 21.5 Å². The van der Waals surface area contributed by atoms with Gasteiger partial charge in [0.25, 0.3) is 11.5 Å². The Balaban J connectivity index is 1.46. The third-order valence-corrected chi connectivity index (χ3v) is 6.73. The van der Waals surface area contributed by atoms with Crippen LogP contribution in [-0.4, -0.2) is 58.5 Å². The molecule has 2 heterocycles. The molecule has 0 bridgehead atoms. The van der Waals surface area contributed by atoms with Crippen molar-refractivity contribution >= 4 is 28.6 Å². The molecule has 1 saturated heterocycles. The number of carbonyl (C=O) groups excluding carboxylic acids is 1. The van der Waals surface area contributed by atoms with Gasteiger partial charge in [-0.05, 0) is 43.3 Å². The summed E-state index contributed by atoms with van der Waals surface area (Å²) in [6.07, 6.45) is 0. The largest absolute Gasteiger partial charge is 0.336 e. The molecule has 30 heavy (non-hydrogen) atoms. The van der Waals surface area contributed by atoms with Crippen LogP contribution in [0.15, 0.2) is 52.4 Å². The molecule has 0 spiro atoms. The lowest BCUT2D eigenvalue weighted by molar-refractivity contribution is 0.0664. The van der Waals surface area contributed by atoms with Gasteiger partial charge in [0.15, 0.2) is 5.16 Å². The molecule has 0 saturated carbocycles. The van der Waals surface area contributed by atoms with Crippen molar-refractivity contribution in [2.45, 2.75) is 17.8 Å². The van der Waals surface area contributed by atoms with Crippen molar-refractivity contribution in [1.29, 1.82) is 0 Å². The normalized spacial score (nSPS) is 15.0. The number of piperazine rings is 1. The van der Waals surface area contributed by atoms with Crippen LogP contribution < -0.4 is 5.56 Å². The molecule has 1 aromatic heterocycles. The van der Waals surface area contributed by atoms with Gasteiger partial charge in [-0.25, -0.2) is 4.98 Å². The van der Waals surface area contributed by atoms with E-state index in [1.165, 1.54) is 11.8 Å². The fraction of sp³-hybridized carbons (Fsp3) is 0.348. The number of aromatic nitrogens is 2. The van der Waals surface area contributed by atoms with E-state index in [2.05, 4.69) is 16.9 Å². The SMILES string of the molecule is Cc1cccc2nc(SCc3ccc(C(=O)N4CCN(C)CC4)cc3)n(C)c(=O)c12. The van der Waals surface area contributed by atoms with E-state index in [-0.39, 0.29) is 11.5 Å². The summed E-state index contributed by atoms with van der Waals surface area (Å²) in [5.74, 6) is 0.775. The molecule has 0 N–H and O–H groups in total. The number of hydrogen-bond acceptors (Lipinski definition) is 5. The van der Waals surface area contributed by atoms with Gasteiger partial charge in [0.05, 0.1) is 10.9 Å². The summed E-state index contributed by atoms with van der Waals surface area (Å²) in [5.41, 5.74) is 3.47. The predicted molar refractivity (Wildman–Crippen MR) is 121 cm³/mol. The van der Waals surface area contributed by atoms with Crippen LogP contribution in [0.25, 0.3) is 10.9 Å². The van der Waals surface area contributed by atoms with Gasteiger partial charge in [0.2, 0.25) is 0 Å². The van der Waals surface area contributed by atoms with Gasteiger partial charge < -0.3 is 9.80 Å². The maximum Gasteiger partial charge on any atom is 0.262 e. The van der Waals surface area contributed by atoms with Gasteiger partial charge >= 0.3 is 0 Å². The van der Waals surface area contributed by atoms with Crippen LogP contribution in [-0.2, 0) is 12.8 Å². The molecule has 0 atom stereocenters. The van der Waals surface area contributed by atoms with Crippen molar-refractivity contribution in [2.75, 3.05) is 33.2 Å². The second-order valence-corrected chi connectivity index (χ2v) is 8.75. The fourth-order valence-corrected chi connectivity index (χ4v) is 4.60. The molecule has 1 amide bonds. The molecular weight excluding hydrogens is 396 g/mol. The van der Waals surface area contributed by atoms with Crippen LogP contribution in [0.3, 0.4) is 0 Å². The fourth-order valence-electron chi connectivity index (χ4n) is 3.67. The quantitative estimate of drug-likeness (QED) is 0.478. The maximum atomic E-state index is 12.7. The smallest absolute Gasteiger partial charge is 0.262 e. The Morgan fingerprint density at radius 2 is 1.73 bits per heavy atom. The standard InChI is InChI=1S/C23H26N4O2S/c1-16-5-4-6-19-20(16)22(29)26(3)23(24-19)30-15-17-7-9-18(10-8-17)21(28)27-13-11-25(2)12-14-27/h4-10H,11-15H2,1-3H3. The number of hydrogen-bond donors (Lipinski definition) is 0. The van der Waals surface area contributed by atoms with Crippen molar-refractivity contribution in [2.24, 2.45) is 7.05 Å². The zero-order valence-electron chi connectivity index (χ0n) is 17.6. The lowest BCUT2D eigenvalue weighted by Crippen LogP contribution is -2.47. The van der Waals surface area contributed by atoms with E-state index >= 15 is 0 Å². The van der Waals surface area contributed by atoms with Crippen molar-refractivity contribution < 1.29 is 4.79 Å². The van der Waals surface area contributed by atoms with Crippen LogP contribution in [0.5, 0.6) is 0 Å². The zero-order chi connectivity index (χ0) is 21.3. The summed E-state index contributed by atoms with van der Waals surface area (Å²) in [5, 5.41) is 1.37. The molecule has 1 aliphatic heterocycles. The monoisotopic (exact) mass is 422 g/mol. The Kier molecular flexibility index (Phi) is 5.92. The Morgan fingerprint density at radius 1 is 1.03 bits per heavy atom. The van der Waals surface area contributed by atoms with Gasteiger partial charge in [-0.3, -0.25) is 14.2 Å². The molecule has 1 aliphatic rings. The number of fused-ring (bicyclic) bond motifs is 1. The van der Waals surface area contributed by atoms with Gasteiger partial charge in [-0.15, -0.1) is 0 Å². The van der Waals surface area contributed by atoms with Gasteiger partial charge in [0, 0.05) is 44.5 Å². The highest BCUT2D eigenvalue weighted by Gasteiger charge is 2.20. The molecule has 3 aromatic rings. The Morgan fingerprint density at radius 3 is 2.43 bits per heavy atom. The first-order valence-electron chi connectivity index (χ1n) is 10.1. The minimum atomic E-state index is -0.0197. The lowest BCUT2D eigenvalue weighted by Gasteiger charge is -2.32. The number of thioether (sulfide) groups is 1. The maximum absolute atomic E-state index is 12.7. The topological polar surface area (TPSA) is 58.4 Å². The number of nitrogens with zero attached hydrogens (tertiary/aromatic N) is 4. The van der Waals surface area contributed by atoms with E-state index in [0.29, 0.717) is 16.3 Å². The van der Waals surface area contributed by atoms with Crippen molar-refractivity contribution in [3.05, 3.63) is 69.5 Å². The minimum absolute atomic E-state index is 0.0197. The van der Waals surface area contributed by atoms with E-state index < -0.39 is 0 Å². The van der Waals surface area contributed by atoms with Crippen LogP contribution in [0, 0.1) is 6.92 Å². The van der Waals surface area contributed by atoms with E-state index in [1.807, 2.05) is 54.3 Å². The van der Waals surface area contributed by atoms with E-state index in [4.69, 9.17) is 0 Å². The van der Waals surface area contributed by atoms with Gasteiger partial charge in [-0.2, -0.15) is 0 Å². The first-order chi connectivity index (χ1) is 14.4. The van der Waals surface area contributed by atoms with Crippen molar-refractivity contribution in [1.82, 2.24) is 19.4 Å². The Hall–Kier alpha value is -2.64. The van der Waals surface area contributed by atoms with E-state index in [0.717, 1.165) is 48.4 Å². The number of rotatable bonds is 4.